The number of hydrogen-bond donors (Lipinski definition) is 2. The number of fused-ring (bicyclic) bond motifs is 9. The van der Waals surface area contributed by atoms with Crippen LogP contribution in [0.25, 0.3) is 5.65 Å². The summed E-state index contributed by atoms with van der Waals surface area (Å²) in [5, 5.41) is 23.6. The first kappa shape index (κ1) is 36.3. The van der Waals surface area contributed by atoms with Gasteiger partial charge in [-0.2, -0.15) is 9.61 Å². The number of carbonyl (C=O) groups is 1. The largest absolute Gasteiger partial charge is 0.493 e. The summed E-state index contributed by atoms with van der Waals surface area (Å²) in [5.74, 6) is 0.582. The highest BCUT2D eigenvalue weighted by Gasteiger charge is 2.33. The van der Waals surface area contributed by atoms with Crippen molar-refractivity contribution in [3.63, 3.8) is 0 Å². The number of nitrogens with zero attached hydrogens (tertiary/aromatic N) is 4. The maximum atomic E-state index is 11.8. The number of aromatic nitrogens is 3. The summed E-state index contributed by atoms with van der Waals surface area (Å²) in [6.07, 6.45) is 6.36. The van der Waals surface area contributed by atoms with Gasteiger partial charge in [-0.15, -0.1) is 0 Å². The molecule has 1 saturated heterocycles. The summed E-state index contributed by atoms with van der Waals surface area (Å²) in [6.45, 7) is 16.3. The molecule has 1 fully saturated rings. The Morgan fingerprint density at radius 2 is 1.80 bits per heavy atom. The van der Waals surface area contributed by atoms with Crippen LogP contribution >= 0.6 is 11.6 Å². The van der Waals surface area contributed by atoms with E-state index in [9.17, 15) is 9.90 Å². The minimum atomic E-state index is -0.898. The third-order valence-electron chi connectivity index (χ3n) is 7.15. The number of hydrogen-bond acceptors (Lipinski definition) is 8. The summed E-state index contributed by atoms with van der Waals surface area (Å²) in [5.41, 5.74) is 2.89. The van der Waals surface area contributed by atoms with Crippen LogP contribution in [0.15, 0.2) is 36.4 Å². The highest BCUT2D eigenvalue weighted by atomic mass is 35.5. The van der Waals surface area contributed by atoms with Crippen LogP contribution in [0.5, 0.6) is 5.75 Å². The van der Waals surface area contributed by atoms with Crippen LogP contribution in [0.1, 0.15) is 83.3 Å². The molecular formula is C34H49ClN4O6. The van der Waals surface area contributed by atoms with Crippen molar-refractivity contribution in [1.29, 1.82) is 0 Å². The Kier molecular flexibility index (Phi) is 13.2. The molecule has 45 heavy (non-hydrogen) atoms. The van der Waals surface area contributed by atoms with Crippen molar-refractivity contribution in [2.75, 3.05) is 31.2 Å². The molecule has 0 saturated carbocycles. The summed E-state index contributed by atoms with van der Waals surface area (Å²) in [6, 6.07) is 7.42. The molecule has 3 aliphatic rings. The molecule has 0 aliphatic carbocycles. The molecule has 2 aromatic heterocycles. The lowest BCUT2D eigenvalue weighted by Gasteiger charge is -2.40. The van der Waals surface area contributed by atoms with E-state index in [4.69, 9.17) is 36.0 Å². The minimum Gasteiger partial charge on any atom is -0.493 e. The normalized spacial score (nSPS) is 17.7. The lowest BCUT2D eigenvalue weighted by molar-refractivity contribution is -0.136. The van der Waals surface area contributed by atoms with Gasteiger partial charge in [-0.05, 0) is 66.0 Å². The summed E-state index contributed by atoms with van der Waals surface area (Å²) in [7, 11) is 0. The van der Waals surface area contributed by atoms with Gasteiger partial charge in [-0.1, -0.05) is 43.7 Å². The molecule has 0 unspecified atom stereocenters. The van der Waals surface area contributed by atoms with Crippen molar-refractivity contribution in [1.82, 2.24) is 14.6 Å². The van der Waals surface area contributed by atoms with Gasteiger partial charge in [0.15, 0.2) is 5.65 Å². The molecule has 0 amide bonds. The van der Waals surface area contributed by atoms with Gasteiger partial charge in [-0.3, -0.25) is 4.79 Å². The molecule has 5 heterocycles. The standard InChI is InChI=1S/C28H33ClN4O5.C4H10O.C2H6/c1-19-23(16-26(34)35)27-32-10-8-28(2,9-11-32)38-13-5-3-4-12-37-24-14-21(29)7-6-20(24)17-36-18-22-15-25(30-19)33(27)31-22;1-4(2,3)5;1-2/h3,5-7,14-15H,4,8-13,16-18H2,1-2H3,(H,34,35);5H,1-3H3;1-2H3/b5-3-;;. The lowest BCUT2D eigenvalue weighted by Crippen LogP contribution is -2.45. The summed E-state index contributed by atoms with van der Waals surface area (Å²) < 4.78 is 20.1. The number of carboxylic acids is 1. The molecule has 11 heteroatoms. The second-order valence-electron chi connectivity index (χ2n) is 12.2. The predicted molar refractivity (Wildman–Crippen MR) is 177 cm³/mol. The van der Waals surface area contributed by atoms with Crippen molar-refractivity contribution in [3.8, 4) is 5.75 Å². The van der Waals surface area contributed by atoms with Crippen molar-refractivity contribution >= 4 is 29.0 Å². The monoisotopic (exact) mass is 644 g/mol. The van der Waals surface area contributed by atoms with Crippen LogP contribution in [0, 0.1) is 6.92 Å². The topological polar surface area (TPSA) is 119 Å². The summed E-state index contributed by atoms with van der Waals surface area (Å²) >= 11 is 6.21. The van der Waals surface area contributed by atoms with Gasteiger partial charge in [-0.25, -0.2) is 4.98 Å². The molecule has 0 atom stereocenters. The van der Waals surface area contributed by atoms with E-state index in [1.165, 1.54) is 0 Å². The Balaban J connectivity index is 0.000000719. The molecular weight excluding hydrogens is 596 g/mol. The van der Waals surface area contributed by atoms with Gasteiger partial charge in [0.25, 0.3) is 0 Å². The van der Waals surface area contributed by atoms with E-state index < -0.39 is 11.6 Å². The Morgan fingerprint density at radius 3 is 2.47 bits per heavy atom. The smallest absolute Gasteiger partial charge is 0.308 e. The Bertz CT molecular complexity index is 1430. The quantitative estimate of drug-likeness (QED) is 0.299. The molecule has 0 radical (unpaired) electrons. The van der Waals surface area contributed by atoms with E-state index in [0.29, 0.717) is 53.2 Å². The highest BCUT2D eigenvalue weighted by molar-refractivity contribution is 6.30. The number of rotatable bonds is 2. The molecule has 3 aromatic rings. The van der Waals surface area contributed by atoms with E-state index in [-0.39, 0.29) is 18.6 Å². The molecule has 10 nitrogen and oxygen atoms in total. The summed E-state index contributed by atoms with van der Waals surface area (Å²) in [4.78, 5) is 18.7. The number of halogens is 1. The Morgan fingerprint density at radius 1 is 1.11 bits per heavy atom. The van der Waals surface area contributed by atoms with E-state index in [2.05, 4.69) is 22.9 Å². The van der Waals surface area contributed by atoms with Gasteiger partial charge in [0.1, 0.15) is 11.6 Å². The number of anilines is 1. The Hall–Kier alpha value is -3.18. The Labute approximate surface area is 272 Å². The van der Waals surface area contributed by atoms with Crippen molar-refractivity contribution in [2.24, 2.45) is 0 Å². The molecule has 4 bridgehead atoms. The van der Waals surface area contributed by atoms with E-state index >= 15 is 0 Å². The fraction of sp³-hybridized carbons (Fsp3) is 0.559. The fourth-order valence-electron chi connectivity index (χ4n) is 4.99. The van der Waals surface area contributed by atoms with Crippen LogP contribution < -0.4 is 9.64 Å². The third-order valence-corrected chi connectivity index (χ3v) is 7.39. The fourth-order valence-corrected chi connectivity index (χ4v) is 5.15. The van der Waals surface area contributed by atoms with Gasteiger partial charge in [0, 0.05) is 41.0 Å². The SMILES string of the molecule is CC.CC(C)(C)O.Cc1nc2cc3nn2c(c1CC(=O)O)N1CCC(C)(CC1)OC/C=C\CCOc1cc(Cl)ccc1COC3. The van der Waals surface area contributed by atoms with Crippen LogP contribution in [0.3, 0.4) is 0 Å². The van der Waals surface area contributed by atoms with Gasteiger partial charge < -0.3 is 29.3 Å². The van der Waals surface area contributed by atoms with Crippen molar-refractivity contribution in [3.05, 3.63) is 64.0 Å². The molecule has 6 rings (SSSR count). The van der Waals surface area contributed by atoms with E-state index in [0.717, 1.165) is 43.7 Å². The van der Waals surface area contributed by atoms with E-state index in [1.807, 2.05) is 45.0 Å². The first-order valence-corrected chi connectivity index (χ1v) is 16.0. The number of aryl methyl sites for hydroxylation is 1. The van der Waals surface area contributed by atoms with Crippen LogP contribution in [0.4, 0.5) is 5.82 Å². The first-order valence-electron chi connectivity index (χ1n) is 15.7. The van der Waals surface area contributed by atoms with Crippen LogP contribution in [-0.4, -0.2) is 68.3 Å². The molecule has 248 valence electrons. The van der Waals surface area contributed by atoms with Gasteiger partial charge >= 0.3 is 5.97 Å². The molecule has 2 N–H and O–H groups in total. The van der Waals surface area contributed by atoms with Gasteiger partial charge in [0.05, 0.1) is 49.7 Å². The number of aliphatic carboxylic acids is 1. The second-order valence-corrected chi connectivity index (χ2v) is 12.7. The zero-order valence-corrected chi connectivity index (χ0v) is 28.5. The minimum absolute atomic E-state index is 0.121. The maximum Gasteiger partial charge on any atom is 0.308 e. The van der Waals surface area contributed by atoms with Gasteiger partial charge in [0.2, 0.25) is 0 Å². The average Bonchev–Trinajstić information content (AvgIpc) is 3.36. The third kappa shape index (κ3) is 11.0. The zero-order chi connectivity index (χ0) is 33.2. The average molecular weight is 645 g/mol. The van der Waals surface area contributed by atoms with Crippen LogP contribution in [-0.2, 0) is 33.9 Å². The number of ether oxygens (including phenoxy) is 3. The molecule has 0 spiro atoms. The second kappa shape index (κ2) is 16.4. The zero-order valence-electron chi connectivity index (χ0n) is 27.7. The molecule has 3 aliphatic heterocycles. The molecule has 1 aromatic carbocycles. The van der Waals surface area contributed by atoms with Crippen molar-refractivity contribution in [2.45, 2.75) is 98.6 Å². The number of piperidine rings is 1. The highest BCUT2D eigenvalue weighted by Crippen LogP contribution is 2.33. The predicted octanol–water partition coefficient (Wildman–Crippen LogP) is 6.55. The maximum absolute atomic E-state index is 11.8. The van der Waals surface area contributed by atoms with E-state index in [1.54, 1.807) is 31.4 Å². The number of benzene rings is 1. The number of aliphatic hydroxyl groups is 1. The first-order chi connectivity index (χ1) is 21.3. The number of carboxylic acid groups (broad SMARTS) is 1. The lowest BCUT2D eigenvalue weighted by atomic mass is 9.93. The van der Waals surface area contributed by atoms with Crippen LogP contribution in [0.2, 0.25) is 5.02 Å². The van der Waals surface area contributed by atoms with Crippen molar-refractivity contribution < 1.29 is 29.2 Å².